The molecular weight excluding hydrogens is 246 g/mol. The first-order valence-electron chi connectivity index (χ1n) is 6.21. The molecule has 0 amide bonds. The van der Waals surface area contributed by atoms with Crippen LogP contribution in [0.15, 0.2) is 17.0 Å². The second kappa shape index (κ2) is 5.41. The maximum absolute atomic E-state index is 5.98. The molecule has 4 heteroatoms. The molecule has 1 aliphatic rings. The molecule has 1 aromatic carbocycles. The summed E-state index contributed by atoms with van der Waals surface area (Å²) < 4.78 is 10.9. The van der Waals surface area contributed by atoms with Gasteiger partial charge in [-0.05, 0) is 36.8 Å². The smallest absolute Gasteiger partial charge is 0.174 e. The molecule has 0 saturated heterocycles. The molecule has 1 saturated carbocycles. The highest BCUT2D eigenvalue weighted by Crippen LogP contribution is 2.47. The van der Waals surface area contributed by atoms with Gasteiger partial charge in [0, 0.05) is 12.0 Å². The molecule has 0 bridgehead atoms. The minimum atomic E-state index is 0.157. The van der Waals surface area contributed by atoms with E-state index in [2.05, 4.69) is 18.4 Å². The summed E-state index contributed by atoms with van der Waals surface area (Å²) >= 11 is 1.68. The van der Waals surface area contributed by atoms with Crippen molar-refractivity contribution in [3.8, 4) is 11.5 Å². The molecule has 0 unspecified atom stereocenters. The number of hydrogen-bond acceptors (Lipinski definition) is 4. The molecule has 100 valence electrons. The number of thioether (sulfide) groups is 1. The van der Waals surface area contributed by atoms with Crippen LogP contribution >= 0.6 is 11.8 Å². The van der Waals surface area contributed by atoms with Crippen molar-refractivity contribution in [3.63, 3.8) is 0 Å². The Bertz CT molecular complexity index is 399. The van der Waals surface area contributed by atoms with Gasteiger partial charge in [-0.1, -0.05) is 6.42 Å². The molecule has 3 nitrogen and oxygen atoms in total. The lowest BCUT2D eigenvalue weighted by Gasteiger charge is -2.42. The first-order valence-corrected chi connectivity index (χ1v) is 7.44. The maximum atomic E-state index is 5.98. The topological polar surface area (TPSA) is 44.5 Å². The van der Waals surface area contributed by atoms with Crippen LogP contribution in [0.25, 0.3) is 0 Å². The highest BCUT2D eigenvalue weighted by atomic mass is 32.2. The van der Waals surface area contributed by atoms with Crippen LogP contribution in [0.2, 0.25) is 0 Å². The number of benzene rings is 1. The van der Waals surface area contributed by atoms with E-state index in [0.717, 1.165) is 16.4 Å². The fraction of sp³-hybridized carbons (Fsp3) is 0.571. The van der Waals surface area contributed by atoms with E-state index >= 15 is 0 Å². The summed E-state index contributed by atoms with van der Waals surface area (Å²) in [4.78, 5) is 1.12. The molecule has 0 aromatic heterocycles. The Morgan fingerprint density at radius 3 is 2.39 bits per heavy atom. The largest absolute Gasteiger partial charge is 0.493 e. The number of nitrogens with two attached hydrogens (primary N) is 1. The average Bonchev–Trinajstić information content (AvgIpc) is 2.36. The van der Waals surface area contributed by atoms with Gasteiger partial charge < -0.3 is 15.2 Å². The molecule has 1 aromatic rings. The van der Waals surface area contributed by atoms with Crippen molar-refractivity contribution < 1.29 is 9.47 Å². The highest BCUT2D eigenvalue weighted by molar-refractivity contribution is 7.98. The van der Waals surface area contributed by atoms with Gasteiger partial charge >= 0.3 is 0 Å². The predicted molar refractivity (Wildman–Crippen MR) is 75.9 cm³/mol. The van der Waals surface area contributed by atoms with Gasteiger partial charge in [-0.2, -0.15) is 0 Å². The third-order valence-corrected chi connectivity index (χ3v) is 4.72. The van der Waals surface area contributed by atoms with E-state index in [-0.39, 0.29) is 5.41 Å². The third kappa shape index (κ3) is 2.08. The van der Waals surface area contributed by atoms with Crippen molar-refractivity contribution in [3.05, 3.63) is 17.7 Å². The summed E-state index contributed by atoms with van der Waals surface area (Å²) in [7, 11) is 3.36. The van der Waals surface area contributed by atoms with Gasteiger partial charge in [-0.25, -0.2) is 0 Å². The SMILES string of the molecule is COc1cc(C2(CN)CCC2)cc(SC)c1OC. The predicted octanol–water partition coefficient (Wildman–Crippen LogP) is 2.81. The first kappa shape index (κ1) is 13.6. The van der Waals surface area contributed by atoms with Crippen molar-refractivity contribution in [2.24, 2.45) is 5.73 Å². The van der Waals surface area contributed by atoms with E-state index in [1.54, 1.807) is 26.0 Å². The van der Waals surface area contributed by atoms with Gasteiger partial charge in [-0.3, -0.25) is 0 Å². The molecule has 0 heterocycles. The Balaban J connectivity index is 2.49. The van der Waals surface area contributed by atoms with Crippen LogP contribution in [0, 0.1) is 0 Å². The van der Waals surface area contributed by atoms with E-state index in [1.165, 1.54) is 24.8 Å². The van der Waals surface area contributed by atoms with E-state index in [9.17, 15) is 0 Å². The summed E-state index contributed by atoms with van der Waals surface area (Å²) in [6, 6.07) is 4.29. The molecule has 18 heavy (non-hydrogen) atoms. The normalized spacial score (nSPS) is 17.1. The molecule has 2 N–H and O–H groups in total. The Morgan fingerprint density at radius 2 is 2.00 bits per heavy atom. The molecule has 2 rings (SSSR count). The summed E-state index contributed by atoms with van der Waals surface area (Å²) in [6.45, 7) is 0.705. The Hall–Kier alpha value is -0.870. The Labute approximate surface area is 113 Å². The van der Waals surface area contributed by atoms with Crippen LogP contribution in [-0.4, -0.2) is 27.0 Å². The molecule has 0 atom stereocenters. The number of hydrogen-bond donors (Lipinski definition) is 1. The zero-order valence-corrected chi connectivity index (χ0v) is 12.1. The summed E-state index contributed by atoms with van der Waals surface area (Å²) in [5, 5.41) is 0. The van der Waals surface area contributed by atoms with Crippen LogP contribution in [0.4, 0.5) is 0 Å². The van der Waals surface area contributed by atoms with Gasteiger partial charge in [0.15, 0.2) is 11.5 Å². The fourth-order valence-corrected chi connectivity index (χ4v) is 3.22. The lowest BCUT2D eigenvalue weighted by atomic mass is 9.64. The number of rotatable bonds is 5. The lowest BCUT2D eigenvalue weighted by molar-refractivity contribution is 0.250. The van der Waals surface area contributed by atoms with Gasteiger partial charge in [0.05, 0.1) is 19.1 Å². The van der Waals surface area contributed by atoms with Crippen LogP contribution in [0.3, 0.4) is 0 Å². The van der Waals surface area contributed by atoms with Crippen molar-refractivity contribution in [2.75, 3.05) is 27.0 Å². The van der Waals surface area contributed by atoms with Gasteiger partial charge in [0.25, 0.3) is 0 Å². The Morgan fingerprint density at radius 1 is 1.28 bits per heavy atom. The van der Waals surface area contributed by atoms with E-state index in [4.69, 9.17) is 15.2 Å². The molecule has 0 spiro atoms. The third-order valence-electron chi connectivity index (χ3n) is 3.98. The minimum absolute atomic E-state index is 0.157. The van der Waals surface area contributed by atoms with Crippen molar-refractivity contribution in [2.45, 2.75) is 29.6 Å². The summed E-state index contributed by atoms with van der Waals surface area (Å²) in [5.41, 5.74) is 7.42. The quantitative estimate of drug-likeness (QED) is 0.833. The standard InChI is InChI=1S/C14H21NO2S/c1-16-11-7-10(14(9-15)5-4-6-14)8-12(18-3)13(11)17-2/h7-8H,4-6,9,15H2,1-3H3. The second-order valence-corrected chi connectivity index (χ2v) is 5.60. The highest BCUT2D eigenvalue weighted by Gasteiger charge is 2.38. The molecular formula is C14H21NO2S. The van der Waals surface area contributed by atoms with E-state index < -0.39 is 0 Å². The average molecular weight is 267 g/mol. The zero-order chi connectivity index (χ0) is 13.2. The lowest BCUT2D eigenvalue weighted by Crippen LogP contribution is -2.41. The van der Waals surface area contributed by atoms with Crippen molar-refractivity contribution in [1.29, 1.82) is 0 Å². The van der Waals surface area contributed by atoms with Gasteiger partial charge in [-0.15, -0.1) is 11.8 Å². The molecule has 0 radical (unpaired) electrons. The molecule has 1 aliphatic carbocycles. The monoisotopic (exact) mass is 267 g/mol. The van der Waals surface area contributed by atoms with Crippen LogP contribution in [0.1, 0.15) is 24.8 Å². The summed E-state index contributed by atoms with van der Waals surface area (Å²) in [6.07, 6.45) is 5.66. The van der Waals surface area contributed by atoms with Crippen LogP contribution in [-0.2, 0) is 5.41 Å². The molecule has 0 aliphatic heterocycles. The number of ether oxygens (including phenoxy) is 2. The van der Waals surface area contributed by atoms with Crippen LogP contribution < -0.4 is 15.2 Å². The van der Waals surface area contributed by atoms with Gasteiger partial charge in [0.1, 0.15) is 0 Å². The number of methoxy groups -OCH3 is 2. The van der Waals surface area contributed by atoms with E-state index in [1.807, 2.05) is 0 Å². The van der Waals surface area contributed by atoms with Crippen LogP contribution in [0.5, 0.6) is 11.5 Å². The van der Waals surface area contributed by atoms with Crippen molar-refractivity contribution in [1.82, 2.24) is 0 Å². The minimum Gasteiger partial charge on any atom is -0.493 e. The zero-order valence-electron chi connectivity index (χ0n) is 11.3. The fourth-order valence-electron chi connectivity index (χ4n) is 2.60. The first-order chi connectivity index (χ1) is 8.70. The second-order valence-electron chi connectivity index (χ2n) is 4.75. The molecule has 1 fully saturated rings. The maximum Gasteiger partial charge on any atom is 0.174 e. The summed E-state index contributed by atoms with van der Waals surface area (Å²) in [5.74, 6) is 1.62. The Kier molecular flexibility index (Phi) is 4.07. The van der Waals surface area contributed by atoms with Gasteiger partial charge in [0.2, 0.25) is 0 Å². The van der Waals surface area contributed by atoms with Crippen molar-refractivity contribution >= 4 is 11.8 Å². The van der Waals surface area contributed by atoms with E-state index in [0.29, 0.717) is 6.54 Å².